The number of esters is 1. The fraction of sp³-hybridized carbons (Fsp3) is 0.273. The second-order valence-electron chi connectivity index (χ2n) is 6.56. The zero-order valence-corrected chi connectivity index (χ0v) is 17.3. The molecule has 0 radical (unpaired) electrons. The monoisotopic (exact) mass is 398 g/mol. The zero-order chi connectivity index (χ0) is 21.4. The zero-order valence-electron chi connectivity index (χ0n) is 17.3. The summed E-state index contributed by atoms with van der Waals surface area (Å²) >= 11 is 0. The van der Waals surface area contributed by atoms with E-state index in [9.17, 15) is 9.59 Å². The lowest BCUT2D eigenvalue weighted by Crippen LogP contribution is -2.40. The first-order chi connectivity index (χ1) is 13.8. The van der Waals surface area contributed by atoms with Crippen LogP contribution in [0.2, 0.25) is 0 Å². The number of carbonyl (C=O) groups is 2. The van der Waals surface area contributed by atoms with Gasteiger partial charge in [-0.1, -0.05) is 0 Å². The molecule has 2 rings (SSSR count). The Morgan fingerprint density at radius 3 is 2.07 bits per heavy atom. The number of hydrogen-bond donors (Lipinski definition) is 1. The van der Waals surface area contributed by atoms with E-state index in [1.165, 1.54) is 11.0 Å². The van der Waals surface area contributed by atoms with Crippen LogP contribution < -0.4 is 24.4 Å². The highest BCUT2D eigenvalue weighted by atomic mass is 16.5. The SMILES string of the molecule is COc1cc(C=CC(=O)Oc2ccc(N(C)C(=O)NC(C)C)cc2)cc(OC)c1. The third-order valence-electron chi connectivity index (χ3n) is 3.94. The van der Waals surface area contributed by atoms with E-state index in [2.05, 4.69) is 5.32 Å². The lowest BCUT2D eigenvalue weighted by molar-refractivity contribution is -0.128. The number of hydrogen-bond acceptors (Lipinski definition) is 5. The molecule has 0 heterocycles. The summed E-state index contributed by atoms with van der Waals surface area (Å²) in [5.41, 5.74) is 1.42. The van der Waals surface area contributed by atoms with Gasteiger partial charge in [0.25, 0.3) is 0 Å². The molecule has 2 amide bonds. The molecule has 0 spiro atoms. The van der Waals surface area contributed by atoms with E-state index in [0.717, 1.165) is 5.56 Å². The Kier molecular flexibility index (Phi) is 7.65. The van der Waals surface area contributed by atoms with E-state index in [-0.39, 0.29) is 12.1 Å². The van der Waals surface area contributed by atoms with Gasteiger partial charge in [0.2, 0.25) is 0 Å². The molecule has 0 aliphatic carbocycles. The average molecular weight is 398 g/mol. The van der Waals surface area contributed by atoms with Crippen LogP contribution in [0.1, 0.15) is 19.4 Å². The molecule has 0 bridgehead atoms. The van der Waals surface area contributed by atoms with Crippen molar-refractivity contribution in [2.45, 2.75) is 19.9 Å². The normalized spacial score (nSPS) is 10.7. The maximum Gasteiger partial charge on any atom is 0.336 e. The number of methoxy groups -OCH3 is 2. The van der Waals surface area contributed by atoms with E-state index in [0.29, 0.717) is 22.9 Å². The Labute approximate surface area is 170 Å². The van der Waals surface area contributed by atoms with Crippen LogP contribution in [0.25, 0.3) is 6.08 Å². The van der Waals surface area contributed by atoms with E-state index in [1.54, 1.807) is 69.8 Å². The van der Waals surface area contributed by atoms with Crippen molar-refractivity contribution < 1.29 is 23.8 Å². The minimum absolute atomic E-state index is 0.0431. The summed E-state index contributed by atoms with van der Waals surface area (Å²) in [6.45, 7) is 3.78. The summed E-state index contributed by atoms with van der Waals surface area (Å²) < 4.78 is 15.7. The second kappa shape index (κ2) is 10.2. The molecule has 0 saturated carbocycles. The smallest absolute Gasteiger partial charge is 0.336 e. The second-order valence-corrected chi connectivity index (χ2v) is 6.56. The molecule has 7 heteroatoms. The Balaban J connectivity index is 2.00. The summed E-state index contributed by atoms with van der Waals surface area (Å²) in [7, 11) is 4.79. The van der Waals surface area contributed by atoms with Gasteiger partial charge < -0.3 is 19.5 Å². The molecule has 1 N–H and O–H groups in total. The van der Waals surface area contributed by atoms with Crippen molar-refractivity contribution in [3.8, 4) is 17.2 Å². The van der Waals surface area contributed by atoms with Crippen molar-refractivity contribution in [1.82, 2.24) is 5.32 Å². The Morgan fingerprint density at radius 2 is 1.55 bits per heavy atom. The molecular weight excluding hydrogens is 372 g/mol. The predicted octanol–water partition coefficient (Wildman–Crippen LogP) is 3.88. The minimum atomic E-state index is -0.523. The van der Waals surface area contributed by atoms with Crippen LogP contribution in [0.5, 0.6) is 17.2 Å². The van der Waals surface area contributed by atoms with Crippen LogP contribution in [0.4, 0.5) is 10.5 Å². The average Bonchev–Trinajstić information content (AvgIpc) is 2.71. The third-order valence-corrected chi connectivity index (χ3v) is 3.94. The van der Waals surface area contributed by atoms with Crippen molar-refractivity contribution in [1.29, 1.82) is 0 Å². The first kappa shape index (κ1) is 21.8. The molecule has 154 valence electrons. The molecule has 0 fully saturated rings. The van der Waals surface area contributed by atoms with Crippen LogP contribution >= 0.6 is 0 Å². The quantitative estimate of drug-likeness (QED) is 0.435. The lowest BCUT2D eigenvalue weighted by atomic mass is 10.2. The summed E-state index contributed by atoms with van der Waals surface area (Å²) in [6.07, 6.45) is 2.94. The molecule has 2 aromatic carbocycles. The van der Waals surface area contributed by atoms with Gasteiger partial charge in [0.05, 0.1) is 14.2 Å². The first-order valence-electron chi connectivity index (χ1n) is 9.09. The number of carbonyl (C=O) groups excluding carboxylic acids is 2. The van der Waals surface area contributed by atoms with E-state index in [1.807, 2.05) is 13.8 Å². The van der Waals surface area contributed by atoms with Crippen molar-refractivity contribution in [3.05, 3.63) is 54.1 Å². The van der Waals surface area contributed by atoms with Gasteiger partial charge in [-0.25, -0.2) is 9.59 Å². The van der Waals surface area contributed by atoms with Gasteiger partial charge in [0, 0.05) is 30.9 Å². The maximum absolute atomic E-state index is 12.1. The minimum Gasteiger partial charge on any atom is -0.497 e. The molecule has 0 aromatic heterocycles. The summed E-state index contributed by atoms with van der Waals surface area (Å²) in [5.74, 6) is 1.10. The van der Waals surface area contributed by atoms with Gasteiger partial charge in [0.15, 0.2) is 0 Å². The van der Waals surface area contributed by atoms with Gasteiger partial charge in [-0.05, 0) is 61.9 Å². The third kappa shape index (κ3) is 6.57. The van der Waals surface area contributed by atoms with Crippen LogP contribution in [0, 0.1) is 0 Å². The highest BCUT2D eigenvalue weighted by Gasteiger charge is 2.12. The number of benzene rings is 2. The Morgan fingerprint density at radius 1 is 0.966 bits per heavy atom. The Hall–Kier alpha value is -3.48. The molecule has 0 atom stereocenters. The fourth-order valence-corrected chi connectivity index (χ4v) is 2.44. The molecular formula is C22H26N2O5. The van der Waals surface area contributed by atoms with Gasteiger partial charge in [0.1, 0.15) is 17.2 Å². The van der Waals surface area contributed by atoms with Crippen molar-refractivity contribution >= 4 is 23.8 Å². The first-order valence-corrected chi connectivity index (χ1v) is 9.09. The highest BCUT2D eigenvalue weighted by molar-refractivity contribution is 5.92. The molecule has 0 unspecified atom stereocenters. The standard InChI is InChI=1S/C22H26N2O5/c1-15(2)23-22(26)24(3)17-7-9-18(10-8-17)29-21(25)11-6-16-12-19(27-4)14-20(13-16)28-5/h6-15H,1-5H3,(H,23,26). The largest absolute Gasteiger partial charge is 0.497 e. The molecule has 0 aliphatic rings. The van der Waals surface area contributed by atoms with Crippen LogP contribution in [-0.4, -0.2) is 39.3 Å². The summed E-state index contributed by atoms with van der Waals surface area (Å²) in [6, 6.07) is 11.8. The summed E-state index contributed by atoms with van der Waals surface area (Å²) in [5, 5.41) is 2.81. The number of nitrogens with zero attached hydrogens (tertiary/aromatic N) is 1. The molecule has 0 saturated heterocycles. The van der Waals surface area contributed by atoms with Gasteiger partial charge in [-0.3, -0.25) is 4.90 Å². The van der Waals surface area contributed by atoms with Gasteiger partial charge in [-0.15, -0.1) is 0 Å². The molecule has 29 heavy (non-hydrogen) atoms. The highest BCUT2D eigenvalue weighted by Crippen LogP contribution is 2.23. The van der Waals surface area contributed by atoms with Gasteiger partial charge >= 0.3 is 12.0 Å². The maximum atomic E-state index is 12.1. The number of nitrogens with one attached hydrogen (secondary N) is 1. The topological polar surface area (TPSA) is 77.1 Å². The lowest BCUT2D eigenvalue weighted by Gasteiger charge is -2.19. The summed E-state index contributed by atoms with van der Waals surface area (Å²) in [4.78, 5) is 25.6. The number of amides is 2. The van der Waals surface area contributed by atoms with Crippen molar-refractivity contribution in [2.24, 2.45) is 0 Å². The van der Waals surface area contributed by atoms with Crippen molar-refractivity contribution in [3.63, 3.8) is 0 Å². The van der Waals surface area contributed by atoms with Crippen LogP contribution in [0.15, 0.2) is 48.5 Å². The van der Waals surface area contributed by atoms with E-state index < -0.39 is 5.97 Å². The van der Waals surface area contributed by atoms with Crippen LogP contribution in [0.3, 0.4) is 0 Å². The molecule has 7 nitrogen and oxygen atoms in total. The Bertz CT molecular complexity index is 853. The molecule has 2 aromatic rings. The molecule has 0 aliphatic heterocycles. The van der Waals surface area contributed by atoms with E-state index in [4.69, 9.17) is 14.2 Å². The predicted molar refractivity (Wildman–Crippen MR) is 113 cm³/mol. The number of ether oxygens (including phenoxy) is 3. The fourth-order valence-electron chi connectivity index (χ4n) is 2.44. The number of rotatable bonds is 7. The van der Waals surface area contributed by atoms with Crippen LogP contribution in [-0.2, 0) is 4.79 Å². The van der Waals surface area contributed by atoms with Gasteiger partial charge in [-0.2, -0.15) is 0 Å². The van der Waals surface area contributed by atoms with Crippen molar-refractivity contribution in [2.75, 3.05) is 26.2 Å². The number of urea groups is 1. The number of anilines is 1. The van der Waals surface area contributed by atoms with E-state index >= 15 is 0 Å².